The molecule has 3 aliphatic rings. The molecule has 8 aromatic rings. The molecule has 1 saturated heterocycles. The lowest BCUT2D eigenvalue weighted by molar-refractivity contribution is -0.118. The number of ether oxygens (including phenoxy) is 4. The predicted octanol–water partition coefficient (Wildman–Crippen LogP) is 9.27. The number of halogens is 1. The highest BCUT2D eigenvalue weighted by molar-refractivity contribution is 7.48. The number of hydrogen-bond acceptors (Lipinski definition) is 17. The number of methoxy groups -OCH3 is 2. The lowest BCUT2D eigenvalue weighted by atomic mass is 9.79. The third kappa shape index (κ3) is 10.4. The quantitative estimate of drug-likeness (QED) is 0.0324. The molecular formula is C59H61FN11O11P. The van der Waals surface area contributed by atoms with Crippen molar-refractivity contribution in [1.29, 1.82) is 5.26 Å². The standard InChI is InChI=1S/C59H61FN11O11P/c1-7-42-35(4)49(58(29-43(42)58)71-33-65-47-52(71)67-57(69-55(47)74)68-53(72)34(2)3)82-83(75,78-28-14-27-61)79-30-44-48(45(60)56(80-44)70-32-64-46-50(62-31-63-51(46)70)66-54(73)36-15-10-8-11-16-36)81-59(37-17-12-9-13-18-37,38-19-23-40(76-5)24-20-38)39-21-25-41(77-6)26-22-39/h8-13,15-26,31-35,42-45,48-49,56H,7,14,28-30H2,1-6H3,(H,62,63,66,73)(H2,67,68,69,72,74)/t35-,42-,43+,44-,45-,48-,49-,56-,58+,83?/m1/s1. The van der Waals surface area contributed by atoms with Crippen LogP contribution in [0.1, 0.15) is 80.2 Å². The van der Waals surface area contributed by atoms with E-state index in [9.17, 15) is 19.6 Å². The molecule has 5 heterocycles. The molecular weight excluding hydrogens is 1090 g/mol. The number of carbonyl (C=O) groups excluding carboxylic acids is 2. The van der Waals surface area contributed by atoms with Gasteiger partial charge in [-0.25, -0.2) is 28.9 Å². The number of imidazole rings is 2. The number of hydrogen-bond donors (Lipinski definition) is 3. The Morgan fingerprint density at radius 1 is 0.880 bits per heavy atom. The van der Waals surface area contributed by atoms with Gasteiger partial charge in [0.2, 0.25) is 11.9 Å². The molecule has 3 N–H and O–H groups in total. The number of aromatic amines is 1. The van der Waals surface area contributed by atoms with Crippen LogP contribution >= 0.6 is 7.82 Å². The lowest BCUT2D eigenvalue weighted by Gasteiger charge is -2.39. The van der Waals surface area contributed by atoms with Gasteiger partial charge in [-0.3, -0.25) is 42.8 Å². The maximum atomic E-state index is 18.6. The summed E-state index contributed by atoms with van der Waals surface area (Å²) in [6.45, 7) is 6.40. The topological polar surface area (TPSA) is 271 Å². The van der Waals surface area contributed by atoms with E-state index in [1.807, 2.05) is 74.5 Å². The first-order valence-electron chi connectivity index (χ1n) is 27.3. The highest BCUT2D eigenvalue weighted by atomic mass is 31.2. The molecule has 10 atom stereocenters. The Balaban J connectivity index is 0.998. The number of aromatic nitrogens is 8. The number of anilines is 2. The summed E-state index contributed by atoms with van der Waals surface area (Å²) in [5, 5.41) is 15.2. The van der Waals surface area contributed by atoms with Crippen molar-refractivity contribution in [3.05, 3.63) is 161 Å². The van der Waals surface area contributed by atoms with Gasteiger partial charge in [-0.15, -0.1) is 0 Å². The van der Waals surface area contributed by atoms with E-state index in [1.54, 1.807) is 87.2 Å². The summed E-state index contributed by atoms with van der Waals surface area (Å²) < 4.78 is 82.1. The molecule has 0 radical (unpaired) electrons. The largest absolute Gasteiger partial charge is 0.497 e. The number of benzene rings is 4. The van der Waals surface area contributed by atoms with E-state index < -0.39 is 73.7 Å². The Labute approximate surface area is 476 Å². The molecule has 4 aromatic heterocycles. The van der Waals surface area contributed by atoms with E-state index in [1.165, 1.54) is 23.5 Å². The van der Waals surface area contributed by atoms with Crippen molar-refractivity contribution in [3.63, 3.8) is 0 Å². The molecule has 4 aromatic carbocycles. The van der Waals surface area contributed by atoms with Gasteiger partial charge in [0.25, 0.3) is 11.5 Å². The third-order valence-electron chi connectivity index (χ3n) is 16.0. The van der Waals surface area contributed by atoms with Crippen molar-refractivity contribution >= 4 is 53.7 Å². The number of carbonyl (C=O) groups is 2. The molecule has 24 heteroatoms. The van der Waals surface area contributed by atoms with Crippen LogP contribution < -0.4 is 25.7 Å². The normalized spacial score (nSPS) is 23.6. The average molecular weight is 1150 g/mol. The van der Waals surface area contributed by atoms with Gasteiger partial charge in [-0.05, 0) is 77.3 Å². The highest BCUT2D eigenvalue weighted by Gasteiger charge is 2.73. The van der Waals surface area contributed by atoms with Gasteiger partial charge in [0.15, 0.2) is 40.5 Å². The maximum absolute atomic E-state index is 18.6. The molecule has 0 bridgehead atoms. The van der Waals surface area contributed by atoms with E-state index in [0.717, 1.165) is 0 Å². The number of rotatable bonds is 22. The SMILES string of the molecule is CC[C@@H]1[C@@H](C)[C@@H](OP(=O)(OCCC#N)OC[C@H]2O[C@@H](n3cnc4c(NC(=O)c5ccccc5)ncnc43)[C@H](F)[C@@H]2OC(c2ccccc2)(c2ccc(OC)cc2)c2ccc(OC)cc2)[C@]2(n3cnc4c(=O)[nH]c(NC(=O)C(C)C)nc43)C[C@@H]12. The molecule has 2 saturated carbocycles. The number of fused-ring (bicyclic) bond motifs is 3. The second-order valence-electron chi connectivity index (χ2n) is 21.1. The van der Waals surface area contributed by atoms with Crippen LogP contribution in [0.2, 0.25) is 0 Å². The molecule has 2 amide bonds. The number of amides is 2. The number of H-pyrrole nitrogens is 1. The molecule has 22 nitrogen and oxygen atoms in total. The van der Waals surface area contributed by atoms with Crippen molar-refractivity contribution < 1.29 is 51.1 Å². The number of alkyl halides is 1. The van der Waals surface area contributed by atoms with E-state index >= 15 is 8.96 Å². The molecule has 0 spiro atoms. The van der Waals surface area contributed by atoms with Crippen LogP contribution in [0.25, 0.3) is 22.3 Å². The highest BCUT2D eigenvalue weighted by Crippen LogP contribution is 2.71. The number of phosphoric acid groups is 1. The molecule has 83 heavy (non-hydrogen) atoms. The Kier molecular flexibility index (Phi) is 15.8. The van der Waals surface area contributed by atoms with Crippen LogP contribution in [-0.2, 0) is 43.5 Å². The first kappa shape index (κ1) is 56.6. The number of nitrogens with one attached hydrogen (secondary N) is 3. The smallest absolute Gasteiger partial charge is 0.475 e. The maximum Gasteiger partial charge on any atom is 0.475 e. The zero-order valence-electron chi connectivity index (χ0n) is 46.2. The molecule has 11 rings (SSSR count). The van der Waals surface area contributed by atoms with Crippen LogP contribution in [0.3, 0.4) is 0 Å². The molecule has 2 aliphatic carbocycles. The number of nitrogens with zero attached hydrogens (tertiary/aromatic N) is 8. The summed E-state index contributed by atoms with van der Waals surface area (Å²) in [4.78, 5) is 64.8. The van der Waals surface area contributed by atoms with Gasteiger partial charge in [0, 0.05) is 11.5 Å². The lowest BCUT2D eigenvalue weighted by Crippen LogP contribution is -2.44. The zero-order valence-corrected chi connectivity index (χ0v) is 47.1. The van der Waals surface area contributed by atoms with E-state index in [4.69, 9.17) is 32.5 Å². The van der Waals surface area contributed by atoms with Crippen molar-refractivity contribution in [3.8, 4) is 17.6 Å². The summed E-state index contributed by atoms with van der Waals surface area (Å²) in [5.74, 6) is -0.498. The minimum atomic E-state index is -4.84. The van der Waals surface area contributed by atoms with Gasteiger partial charge in [0.1, 0.15) is 35.6 Å². The minimum absolute atomic E-state index is 0.0131. The first-order valence-corrected chi connectivity index (χ1v) is 28.7. The minimum Gasteiger partial charge on any atom is -0.497 e. The van der Waals surface area contributed by atoms with Crippen LogP contribution in [0.5, 0.6) is 11.5 Å². The van der Waals surface area contributed by atoms with Crippen LogP contribution in [0, 0.1) is 35.0 Å². The second kappa shape index (κ2) is 23.2. The van der Waals surface area contributed by atoms with Gasteiger partial charge in [-0.1, -0.05) is 107 Å². The predicted molar refractivity (Wildman–Crippen MR) is 301 cm³/mol. The molecule has 1 unspecified atom stereocenters. The van der Waals surface area contributed by atoms with Gasteiger partial charge in [-0.2, -0.15) is 10.2 Å². The van der Waals surface area contributed by atoms with E-state index in [0.29, 0.717) is 46.6 Å². The van der Waals surface area contributed by atoms with Gasteiger partial charge in [0.05, 0.1) is 64.2 Å². The van der Waals surface area contributed by atoms with Crippen LogP contribution in [0.15, 0.2) is 133 Å². The fourth-order valence-corrected chi connectivity index (χ4v) is 13.4. The average Bonchev–Trinajstić information content (AvgIpc) is 1.89. The van der Waals surface area contributed by atoms with Crippen LogP contribution in [-0.4, -0.2) is 103 Å². The Bertz CT molecular complexity index is 3760. The fraction of sp³-hybridized carbons (Fsp3) is 0.373. The van der Waals surface area contributed by atoms with Crippen molar-refractivity contribution in [2.45, 2.75) is 88.8 Å². The molecule has 3 fully saturated rings. The second-order valence-corrected chi connectivity index (χ2v) is 22.7. The summed E-state index contributed by atoms with van der Waals surface area (Å²) in [5.41, 5.74) is -0.643. The number of nitriles is 1. The molecule has 430 valence electrons. The monoisotopic (exact) mass is 1150 g/mol. The van der Waals surface area contributed by atoms with Gasteiger partial charge < -0.3 is 28.8 Å². The van der Waals surface area contributed by atoms with Crippen molar-refractivity contribution in [2.75, 3.05) is 38.1 Å². The van der Waals surface area contributed by atoms with Gasteiger partial charge >= 0.3 is 7.82 Å². The van der Waals surface area contributed by atoms with Crippen molar-refractivity contribution in [2.24, 2.45) is 23.7 Å². The summed E-state index contributed by atoms with van der Waals surface area (Å²) >= 11 is 0. The fourth-order valence-electron chi connectivity index (χ4n) is 11.9. The Hall–Kier alpha value is -8.23. The summed E-state index contributed by atoms with van der Waals surface area (Å²) in [7, 11) is -1.74. The Morgan fingerprint density at radius 3 is 2.17 bits per heavy atom. The van der Waals surface area contributed by atoms with E-state index in [-0.39, 0.29) is 70.8 Å². The van der Waals surface area contributed by atoms with Crippen molar-refractivity contribution in [1.82, 2.24) is 39.0 Å². The third-order valence-corrected chi connectivity index (χ3v) is 17.5. The Morgan fingerprint density at radius 2 is 1.53 bits per heavy atom. The zero-order chi connectivity index (χ0) is 58.2. The summed E-state index contributed by atoms with van der Waals surface area (Å²) in [6.07, 6.45) is -2.52. The molecule has 1 aliphatic heterocycles. The van der Waals surface area contributed by atoms with Crippen LogP contribution in [0.4, 0.5) is 16.2 Å². The summed E-state index contributed by atoms with van der Waals surface area (Å²) in [6, 6.07) is 34.2. The first-order chi connectivity index (χ1) is 40.2. The number of phosphoric ester groups is 1. The van der Waals surface area contributed by atoms with E-state index in [2.05, 4.69) is 40.5 Å².